The average molecular weight is 237 g/mol. The van der Waals surface area contributed by atoms with Crippen molar-refractivity contribution in [3.63, 3.8) is 0 Å². The lowest BCUT2D eigenvalue weighted by Gasteiger charge is -2.27. The summed E-state index contributed by atoms with van der Waals surface area (Å²) >= 11 is 0. The summed E-state index contributed by atoms with van der Waals surface area (Å²) in [6.45, 7) is 4.34. The number of methoxy groups -OCH3 is 1. The van der Waals surface area contributed by atoms with Crippen LogP contribution in [0.5, 0.6) is 5.75 Å². The van der Waals surface area contributed by atoms with E-state index in [0.717, 1.165) is 5.75 Å². The van der Waals surface area contributed by atoms with Gasteiger partial charge in [-0.1, -0.05) is 6.07 Å². The van der Waals surface area contributed by atoms with Gasteiger partial charge in [-0.2, -0.15) is 0 Å². The monoisotopic (exact) mass is 237 g/mol. The number of hydrogen-bond acceptors (Lipinski definition) is 3. The molecule has 0 bridgehead atoms. The van der Waals surface area contributed by atoms with E-state index < -0.39 is 0 Å². The van der Waals surface area contributed by atoms with Crippen LogP contribution in [0.25, 0.3) is 0 Å². The third-order valence-corrected chi connectivity index (χ3v) is 3.07. The Morgan fingerprint density at radius 3 is 2.41 bits per heavy atom. The van der Waals surface area contributed by atoms with Crippen molar-refractivity contribution in [1.82, 2.24) is 4.90 Å². The predicted octanol–water partition coefficient (Wildman–Crippen LogP) is 2.30. The van der Waals surface area contributed by atoms with Crippen LogP contribution in [0.15, 0.2) is 12.1 Å². The molecule has 1 atom stereocenters. The van der Waals surface area contributed by atoms with E-state index in [0.29, 0.717) is 6.42 Å². The first-order valence-electron chi connectivity index (χ1n) is 5.93. The van der Waals surface area contributed by atoms with Crippen LogP contribution in [0.2, 0.25) is 0 Å². The van der Waals surface area contributed by atoms with Crippen LogP contribution in [-0.4, -0.2) is 37.8 Å². The second kappa shape index (κ2) is 6.03. The van der Waals surface area contributed by atoms with Crippen LogP contribution >= 0.6 is 0 Å². The van der Waals surface area contributed by atoms with Gasteiger partial charge in [-0.15, -0.1) is 0 Å². The molecule has 0 saturated heterocycles. The van der Waals surface area contributed by atoms with E-state index >= 15 is 0 Å². The van der Waals surface area contributed by atoms with Gasteiger partial charge in [-0.25, -0.2) is 0 Å². The van der Waals surface area contributed by atoms with E-state index in [1.54, 1.807) is 7.11 Å². The average Bonchev–Trinajstić information content (AvgIpc) is 2.25. The number of rotatable bonds is 5. The third kappa shape index (κ3) is 3.20. The Kier molecular flexibility index (Phi) is 4.97. The van der Waals surface area contributed by atoms with E-state index in [9.17, 15) is 5.11 Å². The molecule has 0 aromatic heterocycles. The molecule has 1 unspecified atom stereocenters. The number of hydrogen-bond donors (Lipinski definition) is 1. The molecule has 0 spiro atoms. The molecule has 0 fully saturated rings. The van der Waals surface area contributed by atoms with Crippen molar-refractivity contribution >= 4 is 0 Å². The maximum atomic E-state index is 9.19. The van der Waals surface area contributed by atoms with Crippen molar-refractivity contribution in [2.45, 2.75) is 26.3 Å². The largest absolute Gasteiger partial charge is 0.496 e. The summed E-state index contributed by atoms with van der Waals surface area (Å²) in [7, 11) is 5.75. The molecular formula is C14H23NO2. The zero-order valence-electron chi connectivity index (χ0n) is 11.4. The van der Waals surface area contributed by atoms with Crippen molar-refractivity contribution < 1.29 is 9.84 Å². The van der Waals surface area contributed by atoms with Gasteiger partial charge in [0.25, 0.3) is 0 Å². The summed E-state index contributed by atoms with van der Waals surface area (Å²) in [5.41, 5.74) is 3.59. The standard InChI is InChI=1S/C14H23NO2/c1-10-8-11(2)14(13(9-10)17-5)12(6-7-16)15(3)4/h8-9,12,16H,6-7H2,1-5H3. The molecule has 0 amide bonds. The van der Waals surface area contributed by atoms with Crippen LogP contribution in [0.4, 0.5) is 0 Å². The molecule has 1 N–H and O–H groups in total. The Hall–Kier alpha value is -1.06. The molecule has 1 rings (SSSR count). The number of ether oxygens (including phenoxy) is 1. The number of aliphatic hydroxyl groups is 1. The lowest BCUT2D eigenvalue weighted by Crippen LogP contribution is -2.22. The maximum Gasteiger partial charge on any atom is 0.124 e. The van der Waals surface area contributed by atoms with Crippen LogP contribution in [0.1, 0.15) is 29.2 Å². The number of aryl methyl sites for hydroxylation is 2. The predicted molar refractivity (Wildman–Crippen MR) is 70.6 cm³/mol. The first-order chi connectivity index (χ1) is 8.01. The minimum absolute atomic E-state index is 0.180. The molecule has 1 aromatic carbocycles. The lowest BCUT2D eigenvalue weighted by atomic mass is 9.95. The lowest BCUT2D eigenvalue weighted by molar-refractivity contribution is 0.207. The fourth-order valence-corrected chi connectivity index (χ4v) is 2.32. The molecule has 3 heteroatoms. The summed E-state index contributed by atoms with van der Waals surface area (Å²) in [6.07, 6.45) is 0.716. The first kappa shape index (κ1) is 14.0. The van der Waals surface area contributed by atoms with Crippen LogP contribution < -0.4 is 4.74 Å². The number of benzene rings is 1. The van der Waals surface area contributed by atoms with E-state index in [1.165, 1.54) is 16.7 Å². The molecule has 96 valence electrons. The van der Waals surface area contributed by atoms with Crippen molar-refractivity contribution in [2.24, 2.45) is 0 Å². The summed E-state index contributed by atoms with van der Waals surface area (Å²) in [5, 5.41) is 9.19. The number of nitrogens with zero attached hydrogens (tertiary/aromatic N) is 1. The highest BCUT2D eigenvalue weighted by Gasteiger charge is 2.20. The molecule has 0 heterocycles. The second-order valence-corrected chi connectivity index (χ2v) is 4.69. The van der Waals surface area contributed by atoms with Gasteiger partial charge in [-0.3, -0.25) is 0 Å². The van der Waals surface area contributed by atoms with Gasteiger partial charge in [-0.05, 0) is 51.6 Å². The van der Waals surface area contributed by atoms with E-state index in [1.807, 2.05) is 14.1 Å². The molecule has 1 aromatic rings. The highest BCUT2D eigenvalue weighted by atomic mass is 16.5. The van der Waals surface area contributed by atoms with Gasteiger partial charge in [0, 0.05) is 18.2 Å². The van der Waals surface area contributed by atoms with Gasteiger partial charge in [0.2, 0.25) is 0 Å². The third-order valence-electron chi connectivity index (χ3n) is 3.07. The Bertz CT molecular complexity index is 375. The molecular weight excluding hydrogens is 214 g/mol. The molecule has 0 aliphatic rings. The molecule has 0 aliphatic heterocycles. The SMILES string of the molecule is COc1cc(C)cc(C)c1C(CCO)N(C)C. The quantitative estimate of drug-likeness (QED) is 0.853. The van der Waals surface area contributed by atoms with Crippen molar-refractivity contribution in [3.8, 4) is 5.75 Å². The topological polar surface area (TPSA) is 32.7 Å². The summed E-state index contributed by atoms with van der Waals surface area (Å²) in [5.74, 6) is 0.912. The molecule has 3 nitrogen and oxygen atoms in total. The van der Waals surface area contributed by atoms with E-state index in [2.05, 4.69) is 30.9 Å². The Labute approximate surface area is 104 Å². The Balaban J connectivity index is 3.25. The van der Waals surface area contributed by atoms with Gasteiger partial charge in [0.1, 0.15) is 5.75 Å². The number of aliphatic hydroxyl groups excluding tert-OH is 1. The highest BCUT2D eigenvalue weighted by Crippen LogP contribution is 2.34. The molecule has 0 saturated carbocycles. The zero-order valence-corrected chi connectivity index (χ0v) is 11.4. The smallest absolute Gasteiger partial charge is 0.124 e. The Morgan fingerprint density at radius 1 is 1.29 bits per heavy atom. The Morgan fingerprint density at radius 2 is 1.94 bits per heavy atom. The first-order valence-corrected chi connectivity index (χ1v) is 5.93. The van der Waals surface area contributed by atoms with Crippen LogP contribution in [0.3, 0.4) is 0 Å². The van der Waals surface area contributed by atoms with Crippen molar-refractivity contribution in [3.05, 3.63) is 28.8 Å². The molecule has 17 heavy (non-hydrogen) atoms. The van der Waals surface area contributed by atoms with Gasteiger partial charge < -0.3 is 14.7 Å². The van der Waals surface area contributed by atoms with E-state index in [4.69, 9.17) is 4.74 Å². The maximum absolute atomic E-state index is 9.19. The van der Waals surface area contributed by atoms with Crippen LogP contribution in [-0.2, 0) is 0 Å². The minimum atomic E-state index is 0.180. The normalized spacial score (nSPS) is 12.9. The summed E-state index contributed by atoms with van der Waals surface area (Å²) in [4.78, 5) is 2.12. The van der Waals surface area contributed by atoms with Gasteiger partial charge in [0.15, 0.2) is 0 Å². The fourth-order valence-electron chi connectivity index (χ4n) is 2.32. The van der Waals surface area contributed by atoms with Crippen molar-refractivity contribution in [1.29, 1.82) is 0 Å². The molecule has 0 aliphatic carbocycles. The van der Waals surface area contributed by atoms with Gasteiger partial charge in [0.05, 0.1) is 7.11 Å². The summed E-state index contributed by atoms with van der Waals surface area (Å²) < 4.78 is 5.48. The zero-order chi connectivity index (χ0) is 13.0. The highest BCUT2D eigenvalue weighted by molar-refractivity contribution is 5.45. The molecule has 0 radical (unpaired) electrons. The van der Waals surface area contributed by atoms with E-state index in [-0.39, 0.29) is 12.6 Å². The second-order valence-electron chi connectivity index (χ2n) is 4.69. The summed E-state index contributed by atoms with van der Waals surface area (Å²) in [6, 6.07) is 4.40. The van der Waals surface area contributed by atoms with Crippen LogP contribution in [0, 0.1) is 13.8 Å². The minimum Gasteiger partial charge on any atom is -0.496 e. The fraction of sp³-hybridized carbons (Fsp3) is 0.571. The van der Waals surface area contributed by atoms with Crippen molar-refractivity contribution in [2.75, 3.05) is 27.8 Å². The van der Waals surface area contributed by atoms with Gasteiger partial charge >= 0.3 is 0 Å².